The van der Waals surface area contributed by atoms with Gasteiger partial charge in [0.2, 0.25) is 0 Å². The van der Waals surface area contributed by atoms with Gasteiger partial charge in [0.15, 0.2) is 6.61 Å². The Bertz CT molecular complexity index is 474. The van der Waals surface area contributed by atoms with Crippen LogP contribution in [0.1, 0.15) is 0 Å². The Balaban J connectivity index is 2.17. The number of carboxylic acid groups (broad SMARTS) is 1. The molecule has 0 saturated carbocycles. The molecule has 0 aliphatic carbocycles. The van der Waals surface area contributed by atoms with Crippen molar-refractivity contribution in [3.63, 3.8) is 0 Å². The zero-order valence-electron chi connectivity index (χ0n) is 8.42. The summed E-state index contributed by atoms with van der Waals surface area (Å²) in [4.78, 5) is 10.3. The second-order valence-electron chi connectivity index (χ2n) is 3.19. The molecular formula is C12H10O4. The average molecular weight is 218 g/mol. The Labute approximate surface area is 92.1 Å². The van der Waals surface area contributed by atoms with Gasteiger partial charge in [0, 0.05) is 5.56 Å². The Morgan fingerprint density at radius 1 is 1.31 bits per heavy atom. The van der Waals surface area contributed by atoms with Gasteiger partial charge in [-0.25, -0.2) is 4.79 Å². The standard InChI is InChI=1S/C12H10O4/c13-12(14)8-16-10-4-1-3-9(7-10)11-5-2-6-15-11/h1-7H,8H2,(H,13,14). The third-order valence-corrected chi connectivity index (χ3v) is 2.00. The summed E-state index contributed by atoms with van der Waals surface area (Å²) in [5.74, 6) is 0.237. The highest BCUT2D eigenvalue weighted by atomic mass is 16.5. The molecule has 0 saturated heterocycles. The SMILES string of the molecule is O=C(O)COc1cccc(-c2ccco2)c1. The van der Waals surface area contributed by atoms with E-state index in [2.05, 4.69) is 0 Å². The fourth-order valence-electron chi connectivity index (χ4n) is 1.33. The van der Waals surface area contributed by atoms with E-state index < -0.39 is 5.97 Å². The van der Waals surface area contributed by atoms with Crippen LogP contribution in [0, 0.1) is 0 Å². The smallest absolute Gasteiger partial charge is 0.341 e. The molecule has 2 aromatic rings. The topological polar surface area (TPSA) is 59.7 Å². The van der Waals surface area contributed by atoms with Crippen LogP contribution in [-0.2, 0) is 4.79 Å². The summed E-state index contributed by atoms with van der Waals surface area (Å²) < 4.78 is 10.3. The molecule has 82 valence electrons. The van der Waals surface area contributed by atoms with Gasteiger partial charge >= 0.3 is 5.97 Å². The lowest BCUT2D eigenvalue weighted by atomic mass is 10.2. The minimum Gasteiger partial charge on any atom is -0.482 e. The van der Waals surface area contributed by atoms with Crippen LogP contribution in [0.3, 0.4) is 0 Å². The van der Waals surface area contributed by atoms with Crippen LogP contribution in [0.5, 0.6) is 5.75 Å². The fourth-order valence-corrected chi connectivity index (χ4v) is 1.33. The van der Waals surface area contributed by atoms with Gasteiger partial charge in [-0.05, 0) is 24.3 Å². The minimum absolute atomic E-state index is 0.346. The van der Waals surface area contributed by atoms with E-state index in [1.165, 1.54) is 0 Å². The molecule has 1 aromatic carbocycles. The van der Waals surface area contributed by atoms with Gasteiger partial charge in [-0.15, -0.1) is 0 Å². The highest BCUT2D eigenvalue weighted by molar-refractivity contribution is 5.68. The van der Waals surface area contributed by atoms with E-state index in [1.807, 2.05) is 12.1 Å². The van der Waals surface area contributed by atoms with Crippen LogP contribution in [0.4, 0.5) is 0 Å². The molecule has 16 heavy (non-hydrogen) atoms. The monoisotopic (exact) mass is 218 g/mol. The first-order valence-corrected chi connectivity index (χ1v) is 4.74. The van der Waals surface area contributed by atoms with Crippen LogP contribution in [0.2, 0.25) is 0 Å². The average Bonchev–Trinajstić information content (AvgIpc) is 2.80. The normalized spacial score (nSPS) is 10.0. The molecule has 1 heterocycles. The van der Waals surface area contributed by atoms with Crippen molar-refractivity contribution in [2.24, 2.45) is 0 Å². The quantitative estimate of drug-likeness (QED) is 0.856. The molecule has 0 fully saturated rings. The zero-order chi connectivity index (χ0) is 11.4. The maximum absolute atomic E-state index is 10.3. The van der Waals surface area contributed by atoms with Gasteiger partial charge in [0.25, 0.3) is 0 Å². The van der Waals surface area contributed by atoms with Crippen LogP contribution in [0.15, 0.2) is 47.1 Å². The predicted molar refractivity (Wildman–Crippen MR) is 57.3 cm³/mol. The molecule has 4 heteroatoms. The number of hydrogen-bond donors (Lipinski definition) is 1. The molecule has 0 unspecified atom stereocenters. The number of rotatable bonds is 4. The Hall–Kier alpha value is -2.23. The largest absolute Gasteiger partial charge is 0.482 e. The highest BCUT2D eigenvalue weighted by Gasteiger charge is 2.03. The Kier molecular flexibility index (Phi) is 2.91. The lowest BCUT2D eigenvalue weighted by Gasteiger charge is -2.04. The fraction of sp³-hybridized carbons (Fsp3) is 0.0833. The number of carbonyl (C=O) groups is 1. The maximum atomic E-state index is 10.3. The van der Waals surface area contributed by atoms with E-state index in [0.29, 0.717) is 5.75 Å². The molecule has 0 aliphatic rings. The van der Waals surface area contributed by atoms with Gasteiger partial charge in [0.05, 0.1) is 6.26 Å². The van der Waals surface area contributed by atoms with Crippen molar-refractivity contribution in [3.05, 3.63) is 42.7 Å². The van der Waals surface area contributed by atoms with E-state index in [0.717, 1.165) is 11.3 Å². The first-order valence-electron chi connectivity index (χ1n) is 4.74. The van der Waals surface area contributed by atoms with Crippen molar-refractivity contribution in [3.8, 4) is 17.1 Å². The third-order valence-electron chi connectivity index (χ3n) is 2.00. The first-order chi connectivity index (χ1) is 7.75. The summed E-state index contributed by atoms with van der Waals surface area (Å²) in [7, 11) is 0. The number of aliphatic carboxylic acids is 1. The lowest BCUT2D eigenvalue weighted by Crippen LogP contribution is -2.09. The first kappa shape index (κ1) is 10.3. The van der Waals surface area contributed by atoms with Gasteiger partial charge < -0.3 is 14.3 Å². The van der Waals surface area contributed by atoms with E-state index in [1.54, 1.807) is 30.5 Å². The molecule has 0 bridgehead atoms. The number of furan rings is 1. The van der Waals surface area contributed by atoms with E-state index in [9.17, 15) is 4.79 Å². The highest BCUT2D eigenvalue weighted by Crippen LogP contribution is 2.23. The minimum atomic E-state index is -0.997. The maximum Gasteiger partial charge on any atom is 0.341 e. The number of ether oxygens (including phenoxy) is 1. The molecule has 0 radical (unpaired) electrons. The zero-order valence-corrected chi connectivity index (χ0v) is 8.42. The predicted octanol–water partition coefficient (Wildman–Crippen LogP) is 2.41. The molecule has 0 aliphatic heterocycles. The molecule has 0 spiro atoms. The summed E-state index contributed by atoms with van der Waals surface area (Å²) in [5.41, 5.74) is 0.855. The molecule has 1 N–H and O–H groups in total. The summed E-state index contributed by atoms with van der Waals surface area (Å²) in [6.45, 7) is -0.346. The van der Waals surface area contributed by atoms with Gasteiger partial charge in [0.1, 0.15) is 11.5 Å². The Morgan fingerprint density at radius 3 is 2.88 bits per heavy atom. The van der Waals surface area contributed by atoms with E-state index in [4.69, 9.17) is 14.3 Å². The number of benzene rings is 1. The molecule has 0 amide bonds. The molecule has 1 aromatic heterocycles. The van der Waals surface area contributed by atoms with Gasteiger partial charge in [-0.3, -0.25) is 0 Å². The van der Waals surface area contributed by atoms with Crippen molar-refractivity contribution < 1.29 is 19.1 Å². The van der Waals surface area contributed by atoms with Crippen molar-refractivity contribution in [2.45, 2.75) is 0 Å². The third kappa shape index (κ3) is 2.42. The molecular weight excluding hydrogens is 208 g/mol. The summed E-state index contributed by atoms with van der Waals surface area (Å²) in [6, 6.07) is 10.7. The molecule has 4 nitrogen and oxygen atoms in total. The van der Waals surface area contributed by atoms with Crippen LogP contribution in [0.25, 0.3) is 11.3 Å². The van der Waals surface area contributed by atoms with Gasteiger partial charge in [-0.2, -0.15) is 0 Å². The summed E-state index contributed by atoms with van der Waals surface area (Å²) in [5, 5.41) is 8.48. The second kappa shape index (κ2) is 4.53. The van der Waals surface area contributed by atoms with Crippen molar-refractivity contribution in [1.82, 2.24) is 0 Å². The van der Waals surface area contributed by atoms with Crippen molar-refractivity contribution in [2.75, 3.05) is 6.61 Å². The number of hydrogen-bond acceptors (Lipinski definition) is 3. The van der Waals surface area contributed by atoms with Crippen LogP contribution in [-0.4, -0.2) is 17.7 Å². The Morgan fingerprint density at radius 2 is 2.19 bits per heavy atom. The van der Waals surface area contributed by atoms with Crippen molar-refractivity contribution >= 4 is 5.97 Å². The van der Waals surface area contributed by atoms with Gasteiger partial charge in [-0.1, -0.05) is 12.1 Å². The lowest BCUT2D eigenvalue weighted by molar-refractivity contribution is -0.139. The molecule has 2 rings (SSSR count). The summed E-state index contributed by atoms with van der Waals surface area (Å²) >= 11 is 0. The van der Waals surface area contributed by atoms with Crippen LogP contribution >= 0.6 is 0 Å². The molecule has 0 atom stereocenters. The van der Waals surface area contributed by atoms with E-state index >= 15 is 0 Å². The van der Waals surface area contributed by atoms with Crippen molar-refractivity contribution in [1.29, 1.82) is 0 Å². The summed E-state index contributed by atoms with van der Waals surface area (Å²) in [6.07, 6.45) is 1.58. The van der Waals surface area contributed by atoms with E-state index in [-0.39, 0.29) is 6.61 Å². The number of carboxylic acids is 1. The van der Waals surface area contributed by atoms with Crippen LogP contribution < -0.4 is 4.74 Å². The second-order valence-corrected chi connectivity index (χ2v) is 3.19.